The molecule has 0 unspecified atom stereocenters. The van der Waals surface area contributed by atoms with Crippen LogP contribution in [0.25, 0.3) is 0 Å². The summed E-state index contributed by atoms with van der Waals surface area (Å²) in [6, 6.07) is 8.13. The standard InChI is InChI=1S/C17H23NO/c1-11-3-6-14(7-4-11)17(19)18-12(2)16-10-13-5-8-15(16)9-13/h3-4,6-7,12-13,15-16H,5,8-10H2,1-2H3,(H,18,19)/t12-,13-,15-,16-/m1/s1. The lowest BCUT2D eigenvalue weighted by atomic mass is 9.84. The third-order valence-corrected chi connectivity index (χ3v) is 5.11. The van der Waals surface area contributed by atoms with Crippen LogP contribution in [0.3, 0.4) is 0 Å². The first kappa shape index (κ1) is 12.7. The molecule has 1 amide bonds. The van der Waals surface area contributed by atoms with Crippen molar-refractivity contribution < 1.29 is 4.79 Å². The maximum atomic E-state index is 12.2. The van der Waals surface area contributed by atoms with E-state index in [2.05, 4.69) is 12.2 Å². The Hall–Kier alpha value is -1.31. The lowest BCUT2D eigenvalue weighted by Crippen LogP contribution is -2.40. The first-order valence-corrected chi connectivity index (χ1v) is 7.51. The molecule has 1 N–H and O–H groups in total. The van der Waals surface area contributed by atoms with Gasteiger partial charge < -0.3 is 5.32 Å². The first-order valence-electron chi connectivity index (χ1n) is 7.51. The third kappa shape index (κ3) is 2.54. The van der Waals surface area contributed by atoms with Crippen LogP contribution < -0.4 is 5.32 Å². The van der Waals surface area contributed by atoms with Crippen LogP contribution in [0, 0.1) is 24.7 Å². The summed E-state index contributed by atoms with van der Waals surface area (Å²) in [5.74, 6) is 2.58. The van der Waals surface area contributed by atoms with E-state index >= 15 is 0 Å². The van der Waals surface area contributed by atoms with Crippen molar-refractivity contribution in [3.63, 3.8) is 0 Å². The van der Waals surface area contributed by atoms with Gasteiger partial charge in [-0.1, -0.05) is 24.1 Å². The molecule has 2 saturated carbocycles. The molecule has 0 aliphatic heterocycles. The van der Waals surface area contributed by atoms with Gasteiger partial charge in [0.25, 0.3) is 5.91 Å². The summed E-state index contributed by atoms with van der Waals surface area (Å²) >= 11 is 0. The van der Waals surface area contributed by atoms with Gasteiger partial charge in [0.2, 0.25) is 0 Å². The zero-order valence-electron chi connectivity index (χ0n) is 11.9. The molecule has 0 radical (unpaired) electrons. The maximum absolute atomic E-state index is 12.2. The second kappa shape index (κ2) is 4.99. The first-order chi connectivity index (χ1) is 9.13. The maximum Gasteiger partial charge on any atom is 0.251 e. The number of nitrogens with one attached hydrogen (secondary N) is 1. The molecule has 3 rings (SSSR count). The molecule has 0 aromatic heterocycles. The van der Waals surface area contributed by atoms with Crippen LogP contribution >= 0.6 is 0 Å². The van der Waals surface area contributed by atoms with Crippen LogP contribution in [0.1, 0.15) is 48.5 Å². The molecule has 2 aliphatic rings. The van der Waals surface area contributed by atoms with E-state index in [0.29, 0.717) is 12.0 Å². The fourth-order valence-electron chi connectivity index (χ4n) is 4.01. The van der Waals surface area contributed by atoms with Gasteiger partial charge in [0.15, 0.2) is 0 Å². The topological polar surface area (TPSA) is 29.1 Å². The van der Waals surface area contributed by atoms with Crippen molar-refractivity contribution in [3.05, 3.63) is 35.4 Å². The van der Waals surface area contributed by atoms with Crippen molar-refractivity contribution in [2.45, 2.75) is 45.6 Å². The van der Waals surface area contributed by atoms with Crippen molar-refractivity contribution in [1.82, 2.24) is 5.32 Å². The Bertz CT molecular complexity index is 465. The van der Waals surface area contributed by atoms with Crippen LogP contribution in [0.2, 0.25) is 0 Å². The van der Waals surface area contributed by atoms with E-state index in [9.17, 15) is 4.79 Å². The second-order valence-electron chi connectivity index (χ2n) is 6.47. The summed E-state index contributed by atoms with van der Waals surface area (Å²) in [5, 5.41) is 3.20. The molecule has 0 spiro atoms. The number of fused-ring (bicyclic) bond motifs is 2. The van der Waals surface area contributed by atoms with Gasteiger partial charge in [0.1, 0.15) is 0 Å². The lowest BCUT2D eigenvalue weighted by molar-refractivity contribution is 0.0915. The van der Waals surface area contributed by atoms with E-state index in [1.807, 2.05) is 31.2 Å². The predicted molar refractivity (Wildman–Crippen MR) is 77.0 cm³/mol. The predicted octanol–water partition coefficient (Wildman–Crippen LogP) is 3.55. The number of carbonyl (C=O) groups excluding carboxylic acids is 1. The summed E-state index contributed by atoms with van der Waals surface area (Å²) in [5.41, 5.74) is 1.97. The average molecular weight is 257 g/mol. The molecular weight excluding hydrogens is 234 g/mol. The van der Waals surface area contributed by atoms with E-state index in [0.717, 1.165) is 17.4 Å². The third-order valence-electron chi connectivity index (χ3n) is 5.11. The highest BCUT2D eigenvalue weighted by atomic mass is 16.1. The van der Waals surface area contributed by atoms with E-state index in [1.54, 1.807) is 0 Å². The molecule has 2 fully saturated rings. The van der Waals surface area contributed by atoms with Crippen molar-refractivity contribution in [1.29, 1.82) is 0 Å². The second-order valence-corrected chi connectivity index (χ2v) is 6.47. The number of benzene rings is 1. The summed E-state index contributed by atoms with van der Waals surface area (Å²) < 4.78 is 0. The molecule has 2 aliphatic carbocycles. The van der Waals surface area contributed by atoms with Gasteiger partial charge in [-0.25, -0.2) is 0 Å². The van der Waals surface area contributed by atoms with Crippen LogP contribution in [0.5, 0.6) is 0 Å². The minimum Gasteiger partial charge on any atom is -0.349 e. The molecule has 2 nitrogen and oxygen atoms in total. The Morgan fingerprint density at radius 1 is 1.21 bits per heavy atom. The Balaban J connectivity index is 1.61. The number of hydrogen-bond donors (Lipinski definition) is 1. The minimum atomic E-state index is 0.0790. The van der Waals surface area contributed by atoms with Crippen molar-refractivity contribution in [2.75, 3.05) is 0 Å². The van der Waals surface area contributed by atoms with E-state index in [1.165, 1.54) is 31.2 Å². The zero-order valence-corrected chi connectivity index (χ0v) is 11.9. The summed E-state index contributed by atoms with van der Waals surface area (Å²) in [4.78, 5) is 12.2. The molecule has 0 heterocycles. The molecule has 2 bridgehead atoms. The molecule has 1 aromatic rings. The number of rotatable bonds is 3. The summed E-state index contributed by atoms with van der Waals surface area (Å²) in [7, 11) is 0. The molecule has 2 heteroatoms. The van der Waals surface area contributed by atoms with Gasteiger partial charge >= 0.3 is 0 Å². The van der Waals surface area contributed by atoms with E-state index in [-0.39, 0.29) is 5.91 Å². The summed E-state index contributed by atoms with van der Waals surface area (Å²) in [6.07, 6.45) is 5.51. The van der Waals surface area contributed by atoms with Crippen LogP contribution in [0.15, 0.2) is 24.3 Å². The van der Waals surface area contributed by atoms with Gasteiger partial charge in [0.05, 0.1) is 0 Å². The minimum absolute atomic E-state index is 0.0790. The lowest BCUT2D eigenvalue weighted by Gasteiger charge is -2.28. The normalized spacial score (nSPS) is 30.3. The van der Waals surface area contributed by atoms with Gasteiger partial charge in [-0.3, -0.25) is 4.79 Å². The smallest absolute Gasteiger partial charge is 0.251 e. The Morgan fingerprint density at radius 2 is 1.95 bits per heavy atom. The highest BCUT2D eigenvalue weighted by Crippen LogP contribution is 2.49. The number of amides is 1. The monoisotopic (exact) mass is 257 g/mol. The highest BCUT2D eigenvalue weighted by Gasteiger charge is 2.42. The molecule has 1 aromatic carbocycles. The molecule has 19 heavy (non-hydrogen) atoms. The number of carbonyl (C=O) groups is 1. The molecule has 4 atom stereocenters. The van der Waals surface area contributed by atoms with E-state index in [4.69, 9.17) is 0 Å². The zero-order chi connectivity index (χ0) is 13.4. The quantitative estimate of drug-likeness (QED) is 0.881. The number of hydrogen-bond acceptors (Lipinski definition) is 1. The van der Waals surface area contributed by atoms with Crippen LogP contribution in [0.4, 0.5) is 0 Å². The fraction of sp³-hybridized carbons (Fsp3) is 0.588. The SMILES string of the molecule is Cc1ccc(C(=O)N[C@H](C)[C@H]2C[C@@H]3CC[C@@H]2C3)cc1. The van der Waals surface area contributed by atoms with Crippen LogP contribution in [-0.4, -0.2) is 11.9 Å². The van der Waals surface area contributed by atoms with Crippen molar-refractivity contribution >= 4 is 5.91 Å². The van der Waals surface area contributed by atoms with Gasteiger partial charge in [-0.15, -0.1) is 0 Å². The van der Waals surface area contributed by atoms with Crippen molar-refractivity contribution in [2.24, 2.45) is 17.8 Å². The Labute approximate surface area is 115 Å². The summed E-state index contributed by atoms with van der Waals surface area (Å²) in [6.45, 7) is 4.22. The van der Waals surface area contributed by atoms with Gasteiger partial charge in [0, 0.05) is 11.6 Å². The van der Waals surface area contributed by atoms with Crippen molar-refractivity contribution in [3.8, 4) is 0 Å². The molecule has 102 valence electrons. The Kier molecular flexibility index (Phi) is 3.34. The fourth-order valence-corrected chi connectivity index (χ4v) is 4.01. The van der Waals surface area contributed by atoms with Gasteiger partial charge in [-0.05, 0) is 63.0 Å². The Morgan fingerprint density at radius 3 is 2.53 bits per heavy atom. The van der Waals surface area contributed by atoms with Gasteiger partial charge in [-0.2, -0.15) is 0 Å². The number of aryl methyl sites for hydroxylation is 1. The van der Waals surface area contributed by atoms with E-state index < -0.39 is 0 Å². The molecular formula is C17H23NO. The van der Waals surface area contributed by atoms with Crippen LogP contribution in [-0.2, 0) is 0 Å². The highest BCUT2D eigenvalue weighted by molar-refractivity contribution is 5.94. The average Bonchev–Trinajstić information content (AvgIpc) is 3.01. The largest absolute Gasteiger partial charge is 0.349 e. The molecule has 0 saturated heterocycles.